The minimum absolute atomic E-state index is 0.0469. The summed E-state index contributed by atoms with van der Waals surface area (Å²) in [5.74, 6) is 2.83. The summed E-state index contributed by atoms with van der Waals surface area (Å²) in [7, 11) is 1.69. The van der Waals surface area contributed by atoms with E-state index < -0.39 is 6.04 Å². The van der Waals surface area contributed by atoms with Gasteiger partial charge in [-0.3, -0.25) is 9.36 Å². The largest absolute Gasteiger partial charge is 0.333 e. The van der Waals surface area contributed by atoms with E-state index in [1.165, 1.54) is 23.8 Å². The third kappa shape index (κ3) is 3.31. The van der Waals surface area contributed by atoms with E-state index in [0.717, 1.165) is 37.0 Å². The lowest BCUT2D eigenvalue weighted by atomic mass is 9.53. The summed E-state index contributed by atoms with van der Waals surface area (Å²) in [5, 5.41) is 7.38. The fourth-order valence-corrected chi connectivity index (χ4v) is 6.62. The molecule has 154 valence electrons. The van der Waals surface area contributed by atoms with Crippen molar-refractivity contribution in [3.8, 4) is 0 Å². The summed E-state index contributed by atoms with van der Waals surface area (Å²) < 4.78 is 1.51. The number of benzene rings is 1. The van der Waals surface area contributed by atoms with E-state index in [1.807, 2.05) is 6.92 Å². The van der Waals surface area contributed by atoms with Crippen molar-refractivity contribution >= 4 is 28.5 Å². The van der Waals surface area contributed by atoms with E-state index in [1.54, 1.807) is 25.2 Å². The molecule has 7 heteroatoms. The number of nitrogens with one attached hydrogen (secondary N) is 2. The Morgan fingerprint density at radius 3 is 2.45 bits per heavy atom. The second-order valence-electron chi connectivity index (χ2n) is 9.51. The van der Waals surface area contributed by atoms with Crippen molar-refractivity contribution in [3.63, 3.8) is 0 Å². The van der Waals surface area contributed by atoms with Gasteiger partial charge in [-0.15, -0.1) is 0 Å². The number of urea groups is 1. The molecule has 6 nitrogen and oxygen atoms in total. The Balaban J connectivity index is 1.35. The normalized spacial score (nSPS) is 31.1. The molecule has 2 amide bonds. The Labute approximate surface area is 175 Å². The molecule has 1 atom stereocenters. The van der Waals surface area contributed by atoms with Crippen molar-refractivity contribution in [1.82, 2.24) is 20.2 Å². The number of halogens is 1. The van der Waals surface area contributed by atoms with Crippen molar-refractivity contribution in [1.29, 1.82) is 0 Å². The van der Waals surface area contributed by atoms with Crippen molar-refractivity contribution in [2.75, 3.05) is 0 Å². The first-order chi connectivity index (χ1) is 13.8. The highest BCUT2D eigenvalue weighted by molar-refractivity contribution is 6.31. The number of rotatable bonds is 3. The maximum absolute atomic E-state index is 12.9. The van der Waals surface area contributed by atoms with E-state index in [0.29, 0.717) is 21.7 Å². The van der Waals surface area contributed by atoms with Crippen LogP contribution in [0.2, 0.25) is 5.02 Å². The molecule has 1 aromatic heterocycles. The lowest BCUT2D eigenvalue weighted by Gasteiger charge is -2.56. The molecular formula is C22H27ClN4O2. The van der Waals surface area contributed by atoms with Gasteiger partial charge < -0.3 is 10.6 Å². The van der Waals surface area contributed by atoms with Gasteiger partial charge in [-0.25, -0.2) is 9.78 Å². The number of hydrogen-bond donors (Lipinski definition) is 2. The molecule has 0 radical (unpaired) electrons. The summed E-state index contributed by atoms with van der Waals surface area (Å²) in [5.41, 5.74) is 0.358. The van der Waals surface area contributed by atoms with Gasteiger partial charge in [0.25, 0.3) is 5.56 Å². The highest BCUT2D eigenvalue weighted by Gasteiger charge is 2.51. The number of amides is 2. The van der Waals surface area contributed by atoms with Crippen molar-refractivity contribution < 1.29 is 4.79 Å². The Bertz CT molecular complexity index is 1010. The lowest BCUT2D eigenvalue weighted by molar-refractivity contribution is -0.0136. The summed E-state index contributed by atoms with van der Waals surface area (Å²) in [6.45, 7) is 1.86. The van der Waals surface area contributed by atoms with Gasteiger partial charge in [0.05, 0.1) is 16.9 Å². The highest BCUT2D eigenvalue weighted by Crippen LogP contribution is 2.55. The Kier molecular flexibility index (Phi) is 4.39. The van der Waals surface area contributed by atoms with E-state index in [-0.39, 0.29) is 17.1 Å². The summed E-state index contributed by atoms with van der Waals surface area (Å²) in [4.78, 5) is 30.2. The third-order valence-corrected chi connectivity index (χ3v) is 7.46. The molecule has 4 saturated carbocycles. The van der Waals surface area contributed by atoms with Crippen LogP contribution in [0.5, 0.6) is 0 Å². The first-order valence-corrected chi connectivity index (χ1v) is 10.9. The summed E-state index contributed by atoms with van der Waals surface area (Å²) in [6, 6.07) is 4.50. The molecule has 2 aromatic rings. The topological polar surface area (TPSA) is 76.0 Å². The zero-order chi connectivity index (χ0) is 20.3. The molecule has 2 N–H and O–H groups in total. The zero-order valence-corrected chi connectivity index (χ0v) is 17.6. The van der Waals surface area contributed by atoms with Crippen LogP contribution in [0.3, 0.4) is 0 Å². The maximum atomic E-state index is 12.9. The number of nitrogens with zero attached hydrogens (tertiary/aromatic N) is 2. The molecule has 29 heavy (non-hydrogen) atoms. The van der Waals surface area contributed by atoms with Crippen molar-refractivity contribution in [2.24, 2.45) is 24.8 Å². The molecule has 4 aliphatic rings. The van der Waals surface area contributed by atoms with Crippen LogP contribution in [-0.4, -0.2) is 21.1 Å². The van der Waals surface area contributed by atoms with E-state index in [2.05, 4.69) is 15.6 Å². The number of carbonyl (C=O) groups excluding carboxylic acids is 1. The van der Waals surface area contributed by atoms with Crippen LogP contribution in [0, 0.1) is 17.8 Å². The Morgan fingerprint density at radius 2 is 1.83 bits per heavy atom. The van der Waals surface area contributed by atoms with E-state index >= 15 is 0 Å². The molecule has 0 aliphatic heterocycles. The van der Waals surface area contributed by atoms with Crippen LogP contribution in [0.15, 0.2) is 23.0 Å². The minimum Gasteiger partial charge on any atom is -0.333 e. The van der Waals surface area contributed by atoms with Crippen LogP contribution >= 0.6 is 11.6 Å². The van der Waals surface area contributed by atoms with Gasteiger partial charge in [0.2, 0.25) is 0 Å². The summed E-state index contributed by atoms with van der Waals surface area (Å²) in [6.07, 6.45) is 7.32. The van der Waals surface area contributed by atoms with Gasteiger partial charge in [0, 0.05) is 17.6 Å². The fourth-order valence-electron chi connectivity index (χ4n) is 6.45. The molecule has 0 unspecified atom stereocenters. The average molecular weight is 415 g/mol. The number of fused-ring (bicyclic) bond motifs is 1. The van der Waals surface area contributed by atoms with Gasteiger partial charge in [0.1, 0.15) is 5.82 Å². The third-order valence-electron chi connectivity index (χ3n) is 7.23. The molecule has 0 spiro atoms. The number of aromatic nitrogens is 2. The van der Waals surface area contributed by atoms with E-state index in [9.17, 15) is 9.59 Å². The fraction of sp³-hybridized carbons (Fsp3) is 0.591. The predicted molar refractivity (Wildman–Crippen MR) is 113 cm³/mol. The Hall–Kier alpha value is -2.08. The molecular weight excluding hydrogens is 388 g/mol. The van der Waals surface area contributed by atoms with Gasteiger partial charge in [-0.2, -0.15) is 0 Å². The standard InChI is InChI=1S/C22H27ClN4O2/c1-12(19-25-18-8-16(23)3-4-17(18)20(28)27(19)2)24-21(29)26-22-9-13-5-14(10-22)7-15(6-13)11-22/h3-4,8,12-15H,5-7,9-11H2,1-2H3,(H2,24,26,29)/t12-,13?,14?,15?,22?/m0/s1. The molecule has 4 aliphatic carbocycles. The molecule has 6 rings (SSSR count). The van der Waals surface area contributed by atoms with Gasteiger partial charge >= 0.3 is 6.03 Å². The second kappa shape index (κ2) is 6.73. The monoisotopic (exact) mass is 414 g/mol. The van der Waals surface area contributed by atoms with Crippen molar-refractivity contribution in [3.05, 3.63) is 39.4 Å². The highest BCUT2D eigenvalue weighted by atomic mass is 35.5. The SMILES string of the molecule is C[C@H](NC(=O)NC12CC3CC(CC(C3)C1)C2)c1nc2cc(Cl)ccc2c(=O)n1C. The van der Waals surface area contributed by atoms with Crippen LogP contribution < -0.4 is 16.2 Å². The van der Waals surface area contributed by atoms with Crippen LogP contribution in [0.25, 0.3) is 10.9 Å². The quantitative estimate of drug-likeness (QED) is 0.799. The molecule has 1 aromatic carbocycles. The maximum Gasteiger partial charge on any atom is 0.315 e. The number of hydrogen-bond acceptors (Lipinski definition) is 3. The molecule has 4 bridgehead atoms. The second-order valence-corrected chi connectivity index (χ2v) is 9.95. The van der Waals surface area contributed by atoms with Gasteiger partial charge in [0.15, 0.2) is 0 Å². The molecule has 1 heterocycles. The average Bonchev–Trinajstić information content (AvgIpc) is 2.62. The van der Waals surface area contributed by atoms with Crippen LogP contribution in [0.1, 0.15) is 57.3 Å². The zero-order valence-electron chi connectivity index (χ0n) is 16.9. The molecule has 0 saturated heterocycles. The smallest absolute Gasteiger partial charge is 0.315 e. The van der Waals surface area contributed by atoms with E-state index in [4.69, 9.17) is 11.6 Å². The summed E-state index contributed by atoms with van der Waals surface area (Å²) >= 11 is 6.07. The number of carbonyl (C=O) groups is 1. The van der Waals surface area contributed by atoms with Crippen molar-refractivity contribution in [2.45, 2.75) is 57.0 Å². The van der Waals surface area contributed by atoms with Gasteiger partial charge in [-0.05, 0) is 81.4 Å². The minimum atomic E-state index is -0.398. The first kappa shape index (κ1) is 18.9. The first-order valence-electron chi connectivity index (χ1n) is 10.6. The van der Waals surface area contributed by atoms with Crippen LogP contribution in [0.4, 0.5) is 4.79 Å². The lowest BCUT2D eigenvalue weighted by Crippen LogP contribution is -2.61. The van der Waals surface area contributed by atoms with Gasteiger partial charge in [-0.1, -0.05) is 11.6 Å². The predicted octanol–water partition coefficient (Wildman–Crippen LogP) is 3.92. The Morgan fingerprint density at radius 1 is 1.21 bits per heavy atom. The molecule has 4 fully saturated rings. The van der Waals surface area contributed by atoms with Crippen LogP contribution in [-0.2, 0) is 7.05 Å².